The van der Waals surface area contributed by atoms with Crippen molar-refractivity contribution in [2.24, 2.45) is 40.4 Å². The van der Waals surface area contributed by atoms with Crippen molar-refractivity contribution in [1.82, 2.24) is 46.6 Å². The third kappa shape index (κ3) is 45.2. The van der Waals surface area contributed by atoms with Crippen LogP contribution in [0.25, 0.3) is 10.4 Å². The number of hydrogen-bond donors (Lipinski definition) is 9. The lowest BCUT2D eigenvalue weighted by Crippen LogP contribution is -2.60. The summed E-state index contributed by atoms with van der Waals surface area (Å²) in [4.78, 5) is 144. The number of rotatable bonds is 71. The summed E-state index contributed by atoms with van der Waals surface area (Å²) in [6.07, 6.45) is 4.90. The molecule has 1 aliphatic rings. The SMILES string of the molecule is CC[C@H](C)[C@@H]([C@@H](CC(=O)N1CCC[C@H]1[C@H](OC)[C@@H](C)C(=O)N[C@H](C)[C@@H](O)c1ccccc1)OC)N(C)C(=O)[C@@H](NC(=O)[C@H](C(C)C)N(C)C(=O)OCc1ccc(NC(=O)[C@H](CCCNC(N)=O)NC(=O)[C@@H](NC(=O)COCC(=O)NCCCOCCCOCCCOCCCOCCCOCCCOCCCOCCCOCCN=[N+]=[N-])C(C)C)cc1)C(C)C. The van der Waals surface area contributed by atoms with Gasteiger partial charge < -0.3 is 115 Å². The van der Waals surface area contributed by atoms with Gasteiger partial charge in [0.05, 0.1) is 55.4 Å². The molecule has 2 aromatic carbocycles. The molecule has 37 heteroatoms. The number of benzene rings is 2. The molecule has 3 rings (SSSR count). The number of likely N-dealkylation sites (tertiary alicyclic amines) is 1. The molecular formula is C88H150N14O23. The Morgan fingerprint density at radius 1 is 0.568 bits per heavy atom. The van der Waals surface area contributed by atoms with Gasteiger partial charge in [0, 0.05) is 164 Å². The summed E-state index contributed by atoms with van der Waals surface area (Å²) < 4.78 is 68.1. The number of nitrogens with one attached hydrogen (secondary N) is 7. The first-order chi connectivity index (χ1) is 60.0. The fourth-order valence-electron chi connectivity index (χ4n) is 14.1. The maximum absolute atomic E-state index is 14.9. The Balaban J connectivity index is 1.39. The van der Waals surface area contributed by atoms with Crippen LogP contribution in [0.3, 0.4) is 0 Å². The third-order valence-electron chi connectivity index (χ3n) is 21.2. The number of carbonyl (C=O) groups excluding carboxylic acids is 10. The summed E-state index contributed by atoms with van der Waals surface area (Å²) in [7, 11) is 6.07. The molecule has 2 aromatic rings. The van der Waals surface area contributed by atoms with Crippen LogP contribution in [0.2, 0.25) is 0 Å². The summed E-state index contributed by atoms with van der Waals surface area (Å²) in [6.45, 7) is 27.2. The van der Waals surface area contributed by atoms with Crippen LogP contribution in [0.15, 0.2) is 59.7 Å². The minimum Gasteiger partial charge on any atom is -0.445 e. The molecule has 10 N–H and O–H groups in total. The number of azide groups is 1. The molecule has 0 unspecified atom stereocenters. The summed E-state index contributed by atoms with van der Waals surface area (Å²) in [5.74, 6) is -6.29. The van der Waals surface area contributed by atoms with Gasteiger partial charge in [-0.1, -0.05) is 116 Å². The highest BCUT2D eigenvalue weighted by Gasteiger charge is 2.44. The van der Waals surface area contributed by atoms with E-state index >= 15 is 0 Å². The normalized spacial score (nSPS) is 15.3. The van der Waals surface area contributed by atoms with E-state index in [1.165, 1.54) is 26.2 Å². The number of hydrogen-bond acceptors (Lipinski definition) is 24. The predicted molar refractivity (Wildman–Crippen MR) is 470 cm³/mol. The lowest BCUT2D eigenvalue weighted by molar-refractivity contribution is -0.148. The topological polar surface area (TPSA) is 470 Å². The molecule has 0 aromatic heterocycles. The largest absolute Gasteiger partial charge is 0.445 e. The fourth-order valence-corrected chi connectivity index (χ4v) is 14.1. The number of methoxy groups -OCH3 is 2. The minimum absolute atomic E-state index is 0.0431. The summed E-state index contributed by atoms with van der Waals surface area (Å²) in [5.41, 5.74) is 15.0. The molecule has 0 bridgehead atoms. The Morgan fingerprint density at radius 2 is 1.08 bits per heavy atom. The van der Waals surface area contributed by atoms with Crippen molar-refractivity contribution in [2.45, 2.75) is 226 Å². The van der Waals surface area contributed by atoms with Gasteiger partial charge in [-0.25, -0.2) is 9.59 Å². The molecule has 1 saturated heterocycles. The molecule has 710 valence electrons. The Hall–Kier alpha value is -8.43. The average Bonchev–Trinajstić information content (AvgIpc) is 1.78. The Bertz CT molecular complexity index is 3420. The van der Waals surface area contributed by atoms with E-state index < -0.39 is 145 Å². The standard InChI is InChI=1S/C88H150N14O23/c1-15-64(8)79(72(114-13)57-75(105)102-40-20-32-71(102)81(115-14)65(9)82(107)94-66(10)80(106)68-29-17-16-18-30-68)100(11)86(111)77(62(4)5)98-85(110)78(63(6)7)101(12)88(113)125-58-67-33-35-69(36-34-67)95-83(108)70(31-19-37-92-87(89)112)96-84(109)76(61(2)3)97-74(104)60-124-59-73(103)91-38-21-41-116-42-22-43-117-44-23-45-118-46-24-47-119-48-25-49-120-50-26-51-121-52-27-53-122-54-28-55-123-56-39-93-99-90/h16-18,29-30,33-36,61-66,70-72,76-81,106H,15,19-28,31-32,37-60H2,1-14H3,(H,91,103)(H,94,107)(H,95,108)(H,96,109)(H,97,104)(H,98,110)(H3,89,92,112)/t64-,65+,66+,70-,71-,72+,76-,77-,78-,79-,80+,81+/m0/s1. The number of carbonyl (C=O) groups is 10. The number of aliphatic hydroxyl groups is 1. The van der Waals surface area contributed by atoms with Crippen molar-refractivity contribution >= 4 is 65.1 Å². The molecule has 125 heavy (non-hydrogen) atoms. The van der Waals surface area contributed by atoms with Crippen LogP contribution in [0, 0.1) is 29.6 Å². The number of nitrogens with two attached hydrogens (primary N) is 1. The number of anilines is 1. The second-order valence-corrected chi connectivity index (χ2v) is 32.3. The first-order valence-electron chi connectivity index (χ1n) is 44.4. The molecule has 1 fully saturated rings. The van der Waals surface area contributed by atoms with Crippen molar-refractivity contribution in [3.05, 3.63) is 76.2 Å². The minimum atomic E-state index is -1.17. The molecule has 0 spiro atoms. The lowest BCUT2D eigenvalue weighted by atomic mass is 9.89. The summed E-state index contributed by atoms with van der Waals surface area (Å²) >= 11 is 0. The summed E-state index contributed by atoms with van der Waals surface area (Å²) in [5, 5.41) is 33.6. The van der Waals surface area contributed by atoms with E-state index in [0.29, 0.717) is 174 Å². The highest BCUT2D eigenvalue weighted by molar-refractivity contribution is 5.98. The number of aliphatic hydroxyl groups excluding tert-OH is 1. The number of likely N-dealkylation sites (N-methyl/N-ethyl adjacent to an activating group) is 2. The van der Waals surface area contributed by atoms with Gasteiger partial charge in [-0.3, -0.25) is 43.3 Å². The number of amides is 11. The van der Waals surface area contributed by atoms with E-state index in [2.05, 4.69) is 47.2 Å². The van der Waals surface area contributed by atoms with Gasteiger partial charge in [0.25, 0.3) is 0 Å². The van der Waals surface area contributed by atoms with E-state index in [-0.39, 0.29) is 50.1 Å². The second-order valence-electron chi connectivity index (χ2n) is 32.3. The van der Waals surface area contributed by atoms with E-state index in [1.54, 1.807) is 109 Å². The first-order valence-corrected chi connectivity index (χ1v) is 44.4. The Labute approximate surface area is 740 Å². The zero-order valence-corrected chi connectivity index (χ0v) is 76.7. The highest BCUT2D eigenvalue weighted by atomic mass is 16.6. The monoisotopic (exact) mass is 1770 g/mol. The molecule has 1 heterocycles. The lowest BCUT2D eigenvalue weighted by Gasteiger charge is -2.41. The number of primary amides is 1. The maximum atomic E-state index is 14.9. The van der Waals surface area contributed by atoms with Crippen molar-refractivity contribution in [2.75, 3.05) is 179 Å². The van der Waals surface area contributed by atoms with Crippen LogP contribution < -0.4 is 43.0 Å². The van der Waals surface area contributed by atoms with Crippen molar-refractivity contribution < 1.29 is 110 Å². The van der Waals surface area contributed by atoms with Crippen LogP contribution in [0.5, 0.6) is 0 Å². The first kappa shape index (κ1) is 111. The number of urea groups is 1. The van der Waals surface area contributed by atoms with Crippen LogP contribution in [0.1, 0.15) is 176 Å². The fraction of sp³-hybridized carbons (Fsp3) is 0.750. The molecule has 12 atom stereocenters. The van der Waals surface area contributed by atoms with E-state index in [1.807, 2.05) is 32.0 Å². The van der Waals surface area contributed by atoms with Gasteiger partial charge >= 0.3 is 12.1 Å². The average molecular weight is 1770 g/mol. The second kappa shape index (κ2) is 66.0. The van der Waals surface area contributed by atoms with E-state index in [0.717, 1.165) is 38.5 Å². The smallest absolute Gasteiger partial charge is 0.410 e. The van der Waals surface area contributed by atoms with Gasteiger partial charge in [0.15, 0.2) is 0 Å². The Morgan fingerprint density at radius 3 is 1.57 bits per heavy atom. The van der Waals surface area contributed by atoms with Gasteiger partial charge in [-0.15, -0.1) is 0 Å². The zero-order chi connectivity index (χ0) is 92.3. The van der Waals surface area contributed by atoms with Crippen LogP contribution in [-0.2, 0) is 102 Å². The van der Waals surface area contributed by atoms with Crippen molar-refractivity contribution in [3.8, 4) is 0 Å². The zero-order valence-electron chi connectivity index (χ0n) is 76.7. The third-order valence-corrected chi connectivity index (χ3v) is 21.2. The van der Waals surface area contributed by atoms with Crippen LogP contribution in [0.4, 0.5) is 15.3 Å². The molecule has 0 saturated carbocycles. The van der Waals surface area contributed by atoms with Crippen LogP contribution >= 0.6 is 0 Å². The predicted octanol–water partition coefficient (Wildman–Crippen LogP) is 7.29. The highest BCUT2D eigenvalue weighted by Crippen LogP contribution is 2.31. The summed E-state index contributed by atoms with van der Waals surface area (Å²) in [6, 6.07) is 8.44. The molecule has 11 amide bonds. The van der Waals surface area contributed by atoms with E-state index in [4.69, 9.17) is 68.1 Å². The molecule has 0 radical (unpaired) electrons. The maximum Gasteiger partial charge on any atom is 0.410 e. The number of ether oxygens (including phenoxy) is 12. The molecule has 37 nitrogen and oxygen atoms in total. The van der Waals surface area contributed by atoms with Crippen molar-refractivity contribution in [1.29, 1.82) is 0 Å². The van der Waals surface area contributed by atoms with Gasteiger partial charge in [-0.05, 0) is 136 Å². The van der Waals surface area contributed by atoms with Gasteiger partial charge in [0.2, 0.25) is 47.3 Å². The molecule has 1 aliphatic heterocycles. The van der Waals surface area contributed by atoms with Crippen LogP contribution in [-0.4, -0.2) is 307 Å². The number of nitrogens with zero attached hydrogens (tertiary/aromatic N) is 6. The Kier molecular flexibility index (Phi) is 58.5. The van der Waals surface area contributed by atoms with Crippen molar-refractivity contribution in [3.63, 3.8) is 0 Å². The van der Waals surface area contributed by atoms with Gasteiger partial charge in [-0.2, -0.15) is 0 Å². The molecular weight excluding hydrogens is 1620 g/mol. The molecule has 0 aliphatic carbocycles. The van der Waals surface area contributed by atoms with E-state index in [9.17, 15) is 53.1 Å². The van der Waals surface area contributed by atoms with Gasteiger partial charge in [0.1, 0.15) is 44.0 Å². The quantitative estimate of drug-likeness (QED) is 0.0136.